The molecule has 0 fully saturated rings. The standard InChI is InChI=1S/C15H15ClN4O2S/c1-10-7-14(19-15(18-10)23-2)22-9-13(21)20-17-8-11-3-5-12(16)6-4-11/h3-8H,9H2,1-2H3,(H,20,21)/b17-8-. The third-order valence-corrected chi connectivity index (χ3v) is 3.42. The number of thioether (sulfide) groups is 1. The molecule has 23 heavy (non-hydrogen) atoms. The summed E-state index contributed by atoms with van der Waals surface area (Å²) >= 11 is 7.19. The van der Waals surface area contributed by atoms with Gasteiger partial charge < -0.3 is 4.74 Å². The number of hydrazone groups is 1. The summed E-state index contributed by atoms with van der Waals surface area (Å²) in [5.74, 6) is -0.0177. The first-order valence-electron chi connectivity index (χ1n) is 6.67. The Labute approximate surface area is 143 Å². The molecule has 0 atom stereocenters. The van der Waals surface area contributed by atoms with Gasteiger partial charge in [-0.1, -0.05) is 35.5 Å². The number of halogens is 1. The molecule has 1 N–H and O–H groups in total. The maximum Gasteiger partial charge on any atom is 0.278 e. The lowest BCUT2D eigenvalue weighted by atomic mass is 10.2. The van der Waals surface area contributed by atoms with E-state index in [2.05, 4.69) is 20.5 Å². The van der Waals surface area contributed by atoms with Crippen LogP contribution >= 0.6 is 23.4 Å². The number of nitrogens with zero attached hydrogens (tertiary/aromatic N) is 3. The highest BCUT2D eigenvalue weighted by Gasteiger charge is 2.05. The van der Waals surface area contributed by atoms with Gasteiger partial charge in [0, 0.05) is 16.8 Å². The lowest BCUT2D eigenvalue weighted by molar-refractivity contribution is -0.123. The summed E-state index contributed by atoms with van der Waals surface area (Å²) in [5, 5.41) is 5.09. The lowest BCUT2D eigenvalue weighted by Gasteiger charge is -2.06. The number of carbonyl (C=O) groups excluding carboxylic acids is 1. The molecule has 0 radical (unpaired) electrons. The highest BCUT2D eigenvalue weighted by atomic mass is 35.5. The SMILES string of the molecule is CSc1nc(C)cc(OCC(=O)N/N=C\c2ccc(Cl)cc2)n1. The zero-order chi connectivity index (χ0) is 16.7. The minimum absolute atomic E-state index is 0.178. The fourth-order valence-corrected chi connectivity index (χ4v) is 2.12. The average Bonchev–Trinajstić information content (AvgIpc) is 2.54. The molecule has 120 valence electrons. The fourth-order valence-electron chi connectivity index (χ4n) is 1.58. The van der Waals surface area contributed by atoms with Gasteiger partial charge in [0.2, 0.25) is 5.88 Å². The van der Waals surface area contributed by atoms with Crippen molar-refractivity contribution >= 4 is 35.5 Å². The molecule has 0 saturated carbocycles. The van der Waals surface area contributed by atoms with Crippen molar-refractivity contribution in [1.29, 1.82) is 0 Å². The Balaban J connectivity index is 1.83. The van der Waals surface area contributed by atoms with Crippen molar-refractivity contribution in [2.75, 3.05) is 12.9 Å². The Morgan fingerprint density at radius 3 is 2.83 bits per heavy atom. The van der Waals surface area contributed by atoms with Crippen LogP contribution < -0.4 is 10.2 Å². The van der Waals surface area contributed by atoms with Crippen LogP contribution in [0.2, 0.25) is 5.02 Å². The third-order valence-electron chi connectivity index (χ3n) is 2.62. The summed E-state index contributed by atoms with van der Waals surface area (Å²) in [6.45, 7) is 1.66. The summed E-state index contributed by atoms with van der Waals surface area (Å²) in [7, 11) is 0. The van der Waals surface area contributed by atoms with Crippen molar-refractivity contribution in [3.63, 3.8) is 0 Å². The highest BCUT2D eigenvalue weighted by Crippen LogP contribution is 2.15. The van der Waals surface area contributed by atoms with Gasteiger partial charge in [0.25, 0.3) is 5.91 Å². The minimum Gasteiger partial charge on any atom is -0.467 e. The van der Waals surface area contributed by atoms with E-state index in [1.807, 2.05) is 13.2 Å². The van der Waals surface area contributed by atoms with Crippen LogP contribution in [0.3, 0.4) is 0 Å². The van der Waals surface area contributed by atoms with Crippen molar-refractivity contribution in [3.05, 3.63) is 46.6 Å². The maximum atomic E-state index is 11.7. The van der Waals surface area contributed by atoms with E-state index in [0.29, 0.717) is 16.1 Å². The van der Waals surface area contributed by atoms with Crippen LogP contribution in [0.15, 0.2) is 40.6 Å². The average molecular weight is 351 g/mol. The van der Waals surface area contributed by atoms with Gasteiger partial charge in [0.1, 0.15) is 0 Å². The molecule has 2 rings (SSSR count). The largest absolute Gasteiger partial charge is 0.467 e. The second kappa shape index (κ2) is 8.50. The summed E-state index contributed by atoms with van der Waals surface area (Å²) in [4.78, 5) is 20.0. The molecule has 1 amide bonds. The molecule has 0 aliphatic rings. The van der Waals surface area contributed by atoms with E-state index < -0.39 is 0 Å². The molecule has 0 spiro atoms. The Morgan fingerprint density at radius 1 is 1.39 bits per heavy atom. The third kappa shape index (κ3) is 5.88. The van der Waals surface area contributed by atoms with Crippen LogP contribution in [0.4, 0.5) is 0 Å². The first-order chi connectivity index (χ1) is 11.1. The van der Waals surface area contributed by atoms with Gasteiger partial charge in [0.05, 0.1) is 6.21 Å². The highest BCUT2D eigenvalue weighted by molar-refractivity contribution is 7.98. The number of nitrogens with one attached hydrogen (secondary N) is 1. The molecule has 0 aliphatic heterocycles. The Morgan fingerprint density at radius 2 is 2.13 bits per heavy atom. The molecule has 0 bridgehead atoms. The van der Waals surface area contributed by atoms with E-state index in [-0.39, 0.29) is 12.5 Å². The van der Waals surface area contributed by atoms with Crippen LogP contribution in [-0.4, -0.2) is 35.0 Å². The Bertz CT molecular complexity index is 707. The molecule has 2 aromatic rings. The molecule has 0 unspecified atom stereocenters. The zero-order valence-electron chi connectivity index (χ0n) is 12.6. The van der Waals surface area contributed by atoms with E-state index >= 15 is 0 Å². The van der Waals surface area contributed by atoms with Gasteiger partial charge in [-0.15, -0.1) is 0 Å². The number of rotatable bonds is 6. The van der Waals surface area contributed by atoms with Crippen molar-refractivity contribution in [2.24, 2.45) is 5.10 Å². The molecular weight excluding hydrogens is 336 g/mol. The van der Waals surface area contributed by atoms with Crippen molar-refractivity contribution in [1.82, 2.24) is 15.4 Å². The van der Waals surface area contributed by atoms with Gasteiger partial charge in [0.15, 0.2) is 11.8 Å². The van der Waals surface area contributed by atoms with Crippen LogP contribution in [-0.2, 0) is 4.79 Å². The first-order valence-corrected chi connectivity index (χ1v) is 8.27. The minimum atomic E-state index is -0.378. The summed E-state index contributed by atoms with van der Waals surface area (Å²) in [6, 6.07) is 8.75. The molecule has 1 aromatic carbocycles. The topological polar surface area (TPSA) is 76.5 Å². The van der Waals surface area contributed by atoms with Crippen molar-refractivity contribution in [2.45, 2.75) is 12.1 Å². The fraction of sp³-hybridized carbons (Fsp3) is 0.200. The van der Waals surface area contributed by atoms with Crippen LogP contribution in [0, 0.1) is 6.92 Å². The molecule has 8 heteroatoms. The molecule has 1 heterocycles. The van der Waals surface area contributed by atoms with E-state index in [9.17, 15) is 4.79 Å². The van der Waals surface area contributed by atoms with Gasteiger partial charge in [-0.3, -0.25) is 4.79 Å². The zero-order valence-corrected chi connectivity index (χ0v) is 14.2. The van der Waals surface area contributed by atoms with Gasteiger partial charge >= 0.3 is 0 Å². The van der Waals surface area contributed by atoms with Gasteiger partial charge in [-0.2, -0.15) is 10.1 Å². The summed E-state index contributed by atoms with van der Waals surface area (Å²) in [5.41, 5.74) is 3.99. The number of carbonyl (C=O) groups is 1. The predicted octanol–water partition coefficient (Wildman–Crippen LogP) is 2.69. The summed E-state index contributed by atoms with van der Waals surface area (Å²) in [6.07, 6.45) is 3.39. The van der Waals surface area contributed by atoms with Gasteiger partial charge in [-0.25, -0.2) is 10.4 Å². The number of hydrogen-bond donors (Lipinski definition) is 1. The number of amides is 1. The smallest absolute Gasteiger partial charge is 0.278 e. The van der Waals surface area contributed by atoms with E-state index in [0.717, 1.165) is 11.3 Å². The van der Waals surface area contributed by atoms with E-state index in [4.69, 9.17) is 16.3 Å². The van der Waals surface area contributed by atoms with Crippen molar-refractivity contribution < 1.29 is 9.53 Å². The number of ether oxygens (including phenoxy) is 1. The first kappa shape index (κ1) is 17.2. The second-order valence-electron chi connectivity index (χ2n) is 4.47. The van der Waals surface area contributed by atoms with E-state index in [1.54, 1.807) is 30.3 Å². The number of benzene rings is 1. The van der Waals surface area contributed by atoms with E-state index in [1.165, 1.54) is 18.0 Å². The van der Waals surface area contributed by atoms with Gasteiger partial charge in [-0.05, 0) is 30.9 Å². The monoisotopic (exact) mass is 350 g/mol. The summed E-state index contributed by atoms with van der Waals surface area (Å²) < 4.78 is 5.34. The Kier molecular flexibility index (Phi) is 6.37. The number of aromatic nitrogens is 2. The van der Waals surface area contributed by atoms with Crippen LogP contribution in [0.1, 0.15) is 11.3 Å². The normalized spacial score (nSPS) is 10.7. The molecular formula is C15H15ClN4O2S. The van der Waals surface area contributed by atoms with Crippen LogP contribution in [0.5, 0.6) is 5.88 Å². The Hall–Kier alpha value is -2.12. The van der Waals surface area contributed by atoms with Crippen molar-refractivity contribution in [3.8, 4) is 5.88 Å². The quantitative estimate of drug-likeness (QED) is 0.375. The second-order valence-corrected chi connectivity index (χ2v) is 5.68. The number of aryl methyl sites for hydroxylation is 1. The molecule has 1 aromatic heterocycles. The number of hydrogen-bond acceptors (Lipinski definition) is 6. The molecule has 6 nitrogen and oxygen atoms in total. The van der Waals surface area contributed by atoms with Crippen LogP contribution in [0.25, 0.3) is 0 Å². The maximum absolute atomic E-state index is 11.7. The molecule has 0 saturated heterocycles. The molecule has 0 aliphatic carbocycles. The predicted molar refractivity (Wildman–Crippen MR) is 91.2 cm³/mol. The lowest BCUT2D eigenvalue weighted by Crippen LogP contribution is -2.24.